The third-order valence-corrected chi connectivity index (χ3v) is 5.92. The number of aryl methyl sites for hydroxylation is 1. The van der Waals surface area contributed by atoms with E-state index in [1.807, 2.05) is 39.0 Å². The highest BCUT2D eigenvalue weighted by atomic mass is 32.2. The molecule has 0 atom stereocenters. The van der Waals surface area contributed by atoms with Crippen molar-refractivity contribution in [3.63, 3.8) is 0 Å². The molecule has 1 aliphatic heterocycles. The minimum Gasteiger partial charge on any atom is -0.507 e. The van der Waals surface area contributed by atoms with Crippen molar-refractivity contribution >= 4 is 9.84 Å². The number of rotatable bonds is 2. The average molecular weight is 384 g/mol. The summed E-state index contributed by atoms with van der Waals surface area (Å²) in [5.41, 5.74) is 1.98. The Morgan fingerprint density at radius 2 is 1.78 bits per heavy atom. The van der Waals surface area contributed by atoms with Gasteiger partial charge in [-0.15, -0.1) is 0 Å². The number of sulfone groups is 1. The van der Waals surface area contributed by atoms with Gasteiger partial charge in [0, 0.05) is 17.4 Å². The fourth-order valence-electron chi connectivity index (χ4n) is 3.50. The first-order valence-electron chi connectivity index (χ1n) is 8.54. The number of benzene rings is 2. The van der Waals surface area contributed by atoms with E-state index in [2.05, 4.69) is 0 Å². The monoisotopic (exact) mass is 384 g/mol. The Hall–Kier alpha value is -2.73. The lowest BCUT2D eigenvalue weighted by Crippen LogP contribution is -2.29. The average Bonchev–Trinajstić information content (AvgIpc) is 2.99. The van der Waals surface area contributed by atoms with Crippen molar-refractivity contribution in [3.05, 3.63) is 53.8 Å². The van der Waals surface area contributed by atoms with Gasteiger partial charge in [0.1, 0.15) is 28.6 Å². The molecule has 0 spiro atoms. The van der Waals surface area contributed by atoms with Gasteiger partial charge >= 0.3 is 0 Å². The van der Waals surface area contributed by atoms with E-state index in [0.29, 0.717) is 28.2 Å². The second kappa shape index (κ2) is 5.63. The predicted molar refractivity (Wildman–Crippen MR) is 103 cm³/mol. The molecular weight excluding hydrogens is 364 g/mol. The summed E-state index contributed by atoms with van der Waals surface area (Å²) in [4.78, 5) is 0.204. The number of fused-ring (bicyclic) bond motifs is 3. The summed E-state index contributed by atoms with van der Waals surface area (Å²) < 4.78 is 35.8. The minimum atomic E-state index is -3.37. The third kappa shape index (κ3) is 2.90. The maximum absolute atomic E-state index is 12.0. The van der Waals surface area contributed by atoms with Crippen LogP contribution in [0.5, 0.6) is 11.5 Å². The molecule has 0 unspecified atom stereocenters. The van der Waals surface area contributed by atoms with Gasteiger partial charge in [-0.05, 0) is 62.7 Å². The highest BCUT2D eigenvalue weighted by molar-refractivity contribution is 7.90. The maximum Gasteiger partial charge on any atom is 0.175 e. The van der Waals surface area contributed by atoms with Crippen LogP contribution in [0, 0.1) is 6.92 Å². The zero-order valence-corrected chi connectivity index (χ0v) is 16.3. The van der Waals surface area contributed by atoms with Gasteiger partial charge in [-0.3, -0.25) is 0 Å². The largest absolute Gasteiger partial charge is 0.507 e. The molecule has 0 aliphatic carbocycles. The van der Waals surface area contributed by atoms with Crippen molar-refractivity contribution in [1.29, 1.82) is 0 Å². The summed E-state index contributed by atoms with van der Waals surface area (Å²) in [6, 6.07) is 12.0. The Kier molecular flexibility index (Phi) is 3.69. The van der Waals surface area contributed by atoms with E-state index in [9.17, 15) is 13.5 Å². The van der Waals surface area contributed by atoms with Crippen molar-refractivity contribution in [2.75, 3.05) is 6.26 Å². The molecule has 2 aromatic carbocycles. The van der Waals surface area contributed by atoms with Crippen molar-refractivity contribution in [3.8, 4) is 33.9 Å². The molecule has 2 heterocycles. The molecule has 3 aromatic rings. The molecule has 0 saturated carbocycles. The fourth-order valence-corrected chi connectivity index (χ4v) is 4.15. The van der Waals surface area contributed by atoms with Crippen LogP contribution in [0.1, 0.15) is 25.2 Å². The maximum atomic E-state index is 12.0. The van der Waals surface area contributed by atoms with Gasteiger partial charge in [0.05, 0.1) is 10.5 Å². The van der Waals surface area contributed by atoms with Gasteiger partial charge in [-0.2, -0.15) is 0 Å². The second-order valence-electron chi connectivity index (χ2n) is 7.37. The molecule has 27 heavy (non-hydrogen) atoms. The summed E-state index contributed by atoms with van der Waals surface area (Å²) in [6.07, 6.45) is 1.17. The van der Waals surface area contributed by atoms with Crippen LogP contribution in [0.25, 0.3) is 22.5 Å². The van der Waals surface area contributed by atoms with Crippen LogP contribution in [-0.4, -0.2) is 19.8 Å². The molecule has 0 saturated heterocycles. The van der Waals surface area contributed by atoms with Crippen LogP contribution in [0.2, 0.25) is 0 Å². The van der Waals surface area contributed by atoms with Crippen molar-refractivity contribution in [2.24, 2.45) is 0 Å². The van der Waals surface area contributed by atoms with E-state index in [0.717, 1.165) is 11.3 Å². The highest BCUT2D eigenvalue weighted by Gasteiger charge is 2.35. The number of aromatic hydroxyl groups is 1. The number of phenols is 1. The van der Waals surface area contributed by atoms with Crippen LogP contribution >= 0.6 is 0 Å². The Morgan fingerprint density at radius 3 is 2.41 bits per heavy atom. The number of furan rings is 1. The number of ether oxygens (including phenoxy) is 1. The van der Waals surface area contributed by atoms with Crippen LogP contribution in [0.3, 0.4) is 0 Å². The lowest BCUT2D eigenvalue weighted by molar-refractivity contribution is 0.105. The van der Waals surface area contributed by atoms with E-state index < -0.39 is 15.4 Å². The molecule has 5 nitrogen and oxygen atoms in total. The van der Waals surface area contributed by atoms with E-state index in [1.54, 1.807) is 24.3 Å². The van der Waals surface area contributed by atoms with Crippen molar-refractivity contribution in [1.82, 2.24) is 0 Å². The molecule has 6 heteroatoms. The Morgan fingerprint density at radius 1 is 1.04 bits per heavy atom. The highest BCUT2D eigenvalue weighted by Crippen LogP contribution is 2.51. The summed E-state index contributed by atoms with van der Waals surface area (Å²) >= 11 is 0. The van der Waals surface area contributed by atoms with E-state index in [4.69, 9.17) is 9.15 Å². The van der Waals surface area contributed by atoms with Gasteiger partial charge in [0.25, 0.3) is 0 Å². The van der Waals surface area contributed by atoms with Gasteiger partial charge in [0.2, 0.25) is 0 Å². The fraction of sp³-hybridized carbons (Fsp3) is 0.238. The molecule has 0 fully saturated rings. The Bertz CT molecular complexity index is 1170. The molecule has 140 valence electrons. The lowest BCUT2D eigenvalue weighted by atomic mass is 9.85. The zero-order chi connectivity index (χ0) is 19.6. The molecule has 1 aromatic heterocycles. The van der Waals surface area contributed by atoms with Crippen LogP contribution < -0.4 is 4.74 Å². The van der Waals surface area contributed by atoms with Crippen LogP contribution in [-0.2, 0) is 15.4 Å². The molecule has 1 aliphatic rings. The quantitative estimate of drug-likeness (QED) is 0.695. The Balaban J connectivity index is 1.98. The molecular formula is C21H20O5S. The first kappa shape index (κ1) is 17.7. The van der Waals surface area contributed by atoms with Crippen molar-refractivity contribution < 1.29 is 22.7 Å². The molecule has 4 rings (SSSR count). The standard InChI is InChI=1S/C21H20O5S/c1-12-5-8-18(25-12)13-9-17(22)20-15-11-14(27(4,23)24)6-7-16(15)21(2,3)26-19(20)10-13/h5-11,22H,1-4H3. The van der Waals surface area contributed by atoms with Gasteiger partial charge in [0.15, 0.2) is 9.84 Å². The predicted octanol–water partition coefficient (Wildman–Crippen LogP) is 4.66. The summed E-state index contributed by atoms with van der Waals surface area (Å²) in [7, 11) is -3.37. The minimum absolute atomic E-state index is 0.0129. The van der Waals surface area contributed by atoms with Gasteiger partial charge < -0.3 is 14.3 Å². The molecule has 1 N–H and O–H groups in total. The molecule has 0 bridgehead atoms. The third-order valence-electron chi connectivity index (χ3n) is 4.81. The number of phenolic OH excluding ortho intramolecular Hbond substituents is 1. The van der Waals surface area contributed by atoms with E-state index in [1.165, 1.54) is 6.26 Å². The van der Waals surface area contributed by atoms with E-state index >= 15 is 0 Å². The second-order valence-corrected chi connectivity index (χ2v) is 9.39. The zero-order valence-electron chi connectivity index (χ0n) is 15.5. The van der Waals surface area contributed by atoms with E-state index in [-0.39, 0.29) is 10.6 Å². The van der Waals surface area contributed by atoms with Crippen LogP contribution in [0.4, 0.5) is 0 Å². The van der Waals surface area contributed by atoms with Gasteiger partial charge in [-0.1, -0.05) is 6.07 Å². The smallest absolute Gasteiger partial charge is 0.175 e. The topological polar surface area (TPSA) is 76.7 Å². The normalized spacial score (nSPS) is 15.0. The SMILES string of the molecule is Cc1ccc(-c2cc(O)c3c(c2)OC(C)(C)c2ccc(S(C)(=O)=O)cc2-3)o1. The lowest BCUT2D eigenvalue weighted by Gasteiger charge is -2.35. The summed E-state index contributed by atoms with van der Waals surface area (Å²) in [5.74, 6) is 1.90. The Labute approximate surface area is 158 Å². The van der Waals surface area contributed by atoms with Crippen molar-refractivity contribution in [2.45, 2.75) is 31.3 Å². The summed E-state index contributed by atoms with van der Waals surface area (Å²) in [5, 5.41) is 10.7. The summed E-state index contributed by atoms with van der Waals surface area (Å²) in [6.45, 7) is 5.68. The number of hydrogen-bond acceptors (Lipinski definition) is 5. The number of hydrogen-bond donors (Lipinski definition) is 1. The molecule has 0 radical (unpaired) electrons. The van der Waals surface area contributed by atoms with Crippen LogP contribution in [0.15, 0.2) is 51.8 Å². The van der Waals surface area contributed by atoms with Gasteiger partial charge in [-0.25, -0.2) is 8.42 Å². The first-order chi connectivity index (χ1) is 12.6. The molecule has 0 amide bonds. The first-order valence-corrected chi connectivity index (χ1v) is 10.4.